The molecule has 2 aromatic rings. The van der Waals surface area contributed by atoms with Crippen LogP contribution in [0, 0.1) is 5.92 Å². The summed E-state index contributed by atoms with van der Waals surface area (Å²) in [7, 11) is -8.01. The Labute approximate surface area is 230 Å². The van der Waals surface area contributed by atoms with Crippen LogP contribution in [0.1, 0.15) is 36.8 Å². The standard InChI is InChI=1S/C26H29F3N2O7S2/c27-26(28,29)23-9-8-22(40(37,38)21-6-2-1-3-7-21)17-20(23)5-4-16-39(35,36)30-18-19-12-14-31(15-13-19)24(32)10-11-25(33)34/h1-9,17,19,30H,10-16,18H2,(H,33,34). The zero-order valence-corrected chi connectivity index (χ0v) is 22.9. The lowest BCUT2D eigenvalue weighted by molar-refractivity contribution is -0.141. The number of halogens is 3. The Morgan fingerprint density at radius 3 is 2.23 bits per heavy atom. The van der Waals surface area contributed by atoms with E-state index in [1.165, 1.54) is 24.3 Å². The molecule has 218 valence electrons. The fourth-order valence-corrected chi connectivity index (χ4v) is 6.48. The largest absolute Gasteiger partial charge is 0.481 e. The van der Waals surface area contributed by atoms with E-state index in [1.54, 1.807) is 11.0 Å². The van der Waals surface area contributed by atoms with E-state index >= 15 is 0 Å². The smallest absolute Gasteiger partial charge is 0.416 e. The van der Waals surface area contributed by atoms with E-state index < -0.39 is 48.9 Å². The van der Waals surface area contributed by atoms with Crippen molar-refractivity contribution in [1.29, 1.82) is 0 Å². The van der Waals surface area contributed by atoms with E-state index in [2.05, 4.69) is 4.72 Å². The maximum absolute atomic E-state index is 13.6. The maximum Gasteiger partial charge on any atom is 0.416 e. The van der Waals surface area contributed by atoms with Gasteiger partial charge in [0.2, 0.25) is 25.8 Å². The van der Waals surface area contributed by atoms with Crippen molar-refractivity contribution in [3.8, 4) is 0 Å². The van der Waals surface area contributed by atoms with Gasteiger partial charge in [-0.1, -0.05) is 30.4 Å². The molecule has 1 amide bonds. The number of likely N-dealkylation sites (tertiary alicyclic amines) is 1. The van der Waals surface area contributed by atoms with Gasteiger partial charge in [0.1, 0.15) is 0 Å². The lowest BCUT2D eigenvalue weighted by Gasteiger charge is -2.32. The molecule has 40 heavy (non-hydrogen) atoms. The summed E-state index contributed by atoms with van der Waals surface area (Å²) < 4.78 is 93.9. The van der Waals surface area contributed by atoms with Gasteiger partial charge < -0.3 is 10.0 Å². The Balaban J connectivity index is 1.63. The molecule has 0 unspecified atom stereocenters. The number of alkyl halides is 3. The van der Waals surface area contributed by atoms with Gasteiger partial charge in [-0.25, -0.2) is 21.6 Å². The molecular formula is C26H29F3N2O7S2. The average molecular weight is 603 g/mol. The van der Waals surface area contributed by atoms with Gasteiger partial charge in [0.15, 0.2) is 0 Å². The highest BCUT2D eigenvalue weighted by molar-refractivity contribution is 7.91. The number of hydrogen-bond acceptors (Lipinski definition) is 6. The quantitative estimate of drug-likeness (QED) is 0.401. The zero-order chi connectivity index (χ0) is 29.6. The minimum Gasteiger partial charge on any atom is -0.481 e. The highest BCUT2D eigenvalue weighted by Crippen LogP contribution is 2.35. The van der Waals surface area contributed by atoms with E-state index in [0.29, 0.717) is 32.0 Å². The minimum absolute atomic E-state index is 0.0704. The lowest BCUT2D eigenvalue weighted by Crippen LogP contribution is -2.41. The van der Waals surface area contributed by atoms with E-state index in [9.17, 15) is 39.6 Å². The summed E-state index contributed by atoms with van der Waals surface area (Å²) in [6, 6.07) is 9.61. The second kappa shape index (κ2) is 13.0. The van der Waals surface area contributed by atoms with Crippen molar-refractivity contribution in [2.45, 2.75) is 41.7 Å². The summed E-state index contributed by atoms with van der Waals surface area (Å²) in [5.41, 5.74) is -1.59. The van der Waals surface area contributed by atoms with Crippen molar-refractivity contribution < 1.29 is 44.7 Å². The molecule has 0 saturated carbocycles. The predicted molar refractivity (Wildman–Crippen MR) is 140 cm³/mol. The van der Waals surface area contributed by atoms with Crippen LogP contribution in [0.3, 0.4) is 0 Å². The number of carbonyl (C=O) groups is 2. The molecule has 3 rings (SSSR count). The fourth-order valence-electron chi connectivity index (χ4n) is 4.20. The number of aliphatic carboxylic acids is 1. The number of hydrogen-bond donors (Lipinski definition) is 2. The molecule has 0 aromatic heterocycles. The Morgan fingerprint density at radius 2 is 1.62 bits per heavy atom. The van der Waals surface area contributed by atoms with E-state index in [-0.39, 0.29) is 41.0 Å². The normalized spacial score (nSPS) is 15.4. The molecule has 1 saturated heterocycles. The molecule has 14 heteroatoms. The van der Waals surface area contributed by atoms with Gasteiger partial charge in [-0.15, -0.1) is 0 Å². The summed E-state index contributed by atoms with van der Waals surface area (Å²) in [5, 5.41) is 8.70. The number of amides is 1. The number of carboxylic acids is 1. The SMILES string of the molecule is O=C(O)CCC(=O)N1CCC(CNS(=O)(=O)CC=Cc2cc(S(=O)(=O)c3ccccc3)ccc2C(F)(F)F)CC1. The summed E-state index contributed by atoms with van der Waals surface area (Å²) >= 11 is 0. The van der Waals surface area contributed by atoms with Crippen LogP contribution in [-0.4, -0.2) is 64.1 Å². The summed E-state index contributed by atoms with van der Waals surface area (Å²) in [4.78, 5) is 23.8. The van der Waals surface area contributed by atoms with E-state index in [0.717, 1.165) is 24.3 Å². The second-order valence-electron chi connectivity index (χ2n) is 9.31. The third-order valence-corrected chi connectivity index (χ3v) is 9.42. The van der Waals surface area contributed by atoms with Crippen LogP contribution in [0.5, 0.6) is 0 Å². The van der Waals surface area contributed by atoms with Crippen LogP contribution in [0.2, 0.25) is 0 Å². The molecule has 0 radical (unpaired) electrons. The molecule has 0 spiro atoms. The Hall–Kier alpha value is -3.23. The van der Waals surface area contributed by atoms with Crippen LogP contribution in [0.15, 0.2) is 64.4 Å². The van der Waals surface area contributed by atoms with Gasteiger partial charge in [-0.2, -0.15) is 13.2 Å². The molecule has 0 bridgehead atoms. The highest BCUT2D eigenvalue weighted by atomic mass is 32.2. The first kappa shape index (κ1) is 31.3. The topological polar surface area (TPSA) is 138 Å². The van der Waals surface area contributed by atoms with Crippen LogP contribution >= 0.6 is 0 Å². The predicted octanol–water partition coefficient (Wildman–Crippen LogP) is 3.57. The Bertz CT molecular complexity index is 1450. The minimum atomic E-state index is -4.80. The van der Waals surface area contributed by atoms with Crippen LogP contribution in [-0.2, 0) is 35.6 Å². The summed E-state index contributed by atoms with van der Waals surface area (Å²) in [6.07, 6.45) is -2.18. The van der Waals surface area contributed by atoms with Crippen molar-refractivity contribution in [1.82, 2.24) is 9.62 Å². The molecule has 0 atom stereocenters. The molecule has 1 aliphatic rings. The second-order valence-corrected chi connectivity index (χ2v) is 13.1. The summed E-state index contributed by atoms with van der Waals surface area (Å²) in [6.45, 7) is 0.812. The number of carboxylic acid groups (broad SMARTS) is 1. The number of nitrogens with zero attached hydrogens (tertiary/aromatic N) is 1. The average Bonchev–Trinajstić information content (AvgIpc) is 2.90. The zero-order valence-electron chi connectivity index (χ0n) is 21.3. The number of sulfone groups is 1. The molecular weight excluding hydrogens is 573 g/mol. The molecule has 2 aromatic carbocycles. The number of nitrogens with one attached hydrogen (secondary N) is 1. The molecule has 1 aliphatic heterocycles. The number of sulfonamides is 1. The van der Waals surface area contributed by atoms with Crippen LogP contribution in [0.4, 0.5) is 13.2 Å². The first-order chi connectivity index (χ1) is 18.7. The first-order valence-electron chi connectivity index (χ1n) is 12.3. The van der Waals surface area contributed by atoms with Crippen LogP contribution in [0.25, 0.3) is 6.08 Å². The van der Waals surface area contributed by atoms with Crippen molar-refractivity contribution >= 4 is 37.8 Å². The number of carbonyl (C=O) groups excluding carboxylic acids is 1. The monoisotopic (exact) mass is 602 g/mol. The molecule has 0 aliphatic carbocycles. The first-order valence-corrected chi connectivity index (χ1v) is 15.5. The fraction of sp³-hybridized carbons (Fsp3) is 0.385. The molecule has 1 heterocycles. The van der Waals surface area contributed by atoms with Gasteiger partial charge in [0.05, 0.1) is 27.5 Å². The van der Waals surface area contributed by atoms with Crippen molar-refractivity contribution in [3.05, 3.63) is 65.7 Å². The highest BCUT2D eigenvalue weighted by Gasteiger charge is 2.34. The molecule has 1 fully saturated rings. The van der Waals surface area contributed by atoms with Gasteiger partial charge in [-0.05, 0) is 54.7 Å². The van der Waals surface area contributed by atoms with E-state index in [1.807, 2.05) is 0 Å². The Kier molecular flexibility index (Phi) is 10.1. The third-order valence-electron chi connectivity index (χ3n) is 6.42. The van der Waals surface area contributed by atoms with Gasteiger partial charge in [0, 0.05) is 26.1 Å². The number of piperidine rings is 1. The molecule has 9 nitrogen and oxygen atoms in total. The maximum atomic E-state index is 13.6. The van der Waals surface area contributed by atoms with Crippen LogP contribution < -0.4 is 4.72 Å². The lowest BCUT2D eigenvalue weighted by atomic mass is 9.97. The summed E-state index contributed by atoms with van der Waals surface area (Å²) in [5.74, 6) is -2.04. The van der Waals surface area contributed by atoms with Gasteiger partial charge in [-0.3, -0.25) is 9.59 Å². The van der Waals surface area contributed by atoms with E-state index in [4.69, 9.17) is 5.11 Å². The number of rotatable bonds is 11. The third kappa shape index (κ3) is 8.63. The number of benzene rings is 2. The molecule has 2 N–H and O–H groups in total. The van der Waals surface area contributed by atoms with Crippen molar-refractivity contribution in [2.75, 3.05) is 25.4 Å². The van der Waals surface area contributed by atoms with Crippen molar-refractivity contribution in [3.63, 3.8) is 0 Å². The van der Waals surface area contributed by atoms with Gasteiger partial charge >= 0.3 is 12.1 Å². The van der Waals surface area contributed by atoms with Crippen molar-refractivity contribution in [2.24, 2.45) is 5.92 Å². The Morgan fingerprint density at radius 1 is 0.975 bits per heavy atom. The van der Waals surface area contributed by atoms with Gasteiger partial charge in [0.25, 0.3) is 0 Å².